The normalized spacial score (nSPS) is 9.65. The number of nitrogens with one attached hydrogen (secondary N) is 3. The monoisotopic (exact) mass is 289 g/mol. The predicted molar refractivity (Wildman–Crippen MR) is 79.7 cm³/mol. The van der Waals surface area contributed by atoms with E-state index in [9.17, 15) is 9.18 Å². The van der Waals surface area contributed by atoms with Crippen LogP contribution in [0.5, 0.6) is 0 Å². The molecule has 0 saturated heterocycles. The van der Waals surface area contributed by atoms with Crippen molar-refractivity contribution in [1.29, 1.82) is 0 Å². The molecule has 0 bridgehead atoms. The van der Waals surface area contributed by atoms with E-state index in [1.165, 1.54) is 12.1 Å². The molecule has 0 atom stereocenters. The zero-order valence-electron chi connectivity index (χ0n) is 10.4. The molecule has 0 aromatic heterocycles. The van der Waals surface area contributed by atoms with Crippen molar-refractivity contribution in [2.45, 2.75) is 0 Å². The van der Waals surface area contributed by atoms with Crippen LogP contribution < -0.4 is 16.2 Å². The Balaban J connectivity index is 1.83. The van der Waals surface area contributed by atoms with Gasteiger partial charge >= 0.3 is 0 Å². The van der Waals surface area contributed by atoms with E-state index in [2.05, 4.69) is 16.2 Å². The van der Waals surface area contributed by atoms with Gasteiger partial charge in [-0.15, -0.1) is 0 Å². The molecule has 0 unspecified atom stereocenters. The summed E-state index contributed by atoms with van der Waals surface area (Å²) in [5.41, 5.74) is 6.18. The van der Waals surface area contributed by atoms with Gasteiger partial charge in [0.15, 0.2) is 5.11 Å². The highest BCUT2D eigenvalue weighted by atomic mass is 32.1. The molecule has 0 aliphatic heterocycles. The zero-order chi connectivity index (χ0) is 14.4. The van der Waals surface area contributed by atoms with Crippen LogP contribution in [-0.2, 0) is 0 Å². The number of carbonyl (C=O) groups excluding carboxylic acids is 1. The van der Waals surface area contributed by atoms with Crippen LogP contribution in [0, 0.1) is 5.82 Å². The highest BCUT2D eigenvalue weighted by molar-refractivity contribution is 7.80. The van der Waals surface area contributed by atoms with Crippen LogP contribution in [0.25, 0.3) is 0 Å². The Morgan fingerprint density at radius 2 is 1.60 bits per heavy atom. The average Bonchev–Trinajstić information content (AvgIpc) is 2.48. The van der Waals surface area contributed by atoms with E-state index in [0.717, 1.165) is 0 Å². The van der Waals surface area contributed by atoms with E-state index in [1.54, 1.807) is 36.4 Å². The maximum Gasteiger partial charge on any atom is 0.269 e. The Labute approximate surface area is 121 Å². The quantitative estimate of drug-likeness (QED) is 0.587. The van der Waals surface area contributed by atoms with Crippen LogP contribution in [0.4, 0.5) is 10.1 Å². The minimum absolute atomic E-state index is 0.209. The maximum atomic E-state index is 12.7. The van der Waals surface area contributed by atoms with Crippen LogP contribution in [-0.4, -0.2) is 11.0 Å². The van der Waals surface area contributed by atoms with E-state index < -0.39 is 0 Å². The molecule has 2 aromatic rings. The molecule has 102 valence electrons. The molecule has 2 aromatic carbocycles. The molecule has 0 fully saturated rings. The Morgan fingerprint density at radius 1 is 0.950 bits per heavy atom. The van der Waals surface area contributed by atoms with E-state index in [0.29, 0.717) is 11.3 Å². The van der Waals surface area contributed by atoms with Gasteiger partial charge in [-0.1, -0.05) is 18.2 Å². The lowest BCUT2D eigenvalue weighted by molar-refractivity contribution is 0.0944. The Hall–Kier alpha value is -2.47. The van der Waals surface area contributed by atoms with Gasteiger partial charge in [-0.3, -0.25) is 15.6 Å². The highest BCUT2D eigenvalue weighted by Gasteiger charge is 2.04. The number of hydrazine groups is 1. The third kappa shape index (κ3) is 4.03. The molecule has 3 N–H and O–H groups in total. The number of anilines is 1. The average molecular weight is 289 g/mol. The summed E-state index contributed by atoms with van der Waals surface area (Å²) >= 11 is 5.01. The minimum Gasteiger partial charge on any atom is -0.331 e. The number of rotatable bonds is 2. The second-order valence-electron chi connectivity index (χ2n) is 3.91. The lowest BCUT2D eigenvalue weighted by atomic mass is 10.2. The van der Waals surface area contributed by atoms with Gasteiger partial charge in [0.25, 0.3) is 5.91 Å². The summed E-state index contributed by atoms with van der Waals surface area (Å²) in [5.74, 6) is -0.624. The van der Waals surface area contributed by atoms with Crippen molar-refractivity contribution in [2.24, 2.45) is 0 Å². The molecule has 2 rings (SSSR count). The van der Waals surface area contributed by atoms with Gasteiger partial charge in [-0.05, 0) is 48.6 Å². The first-order chi connectivity index (χ1) is 9.65. The second-order valence-corrected chi connectivity index (χ2v) is 4.31. The summed E-state index contributed by atoms with van der Waals surface area (Å²) in [4.78, 5) is 11.7. The highest BCUT2D eigenvalue weighted by Crippen LogP contribution is 2.07. The fraction of sp³-hybridized carbons (Fsp3) is 0. The van der Waals surface area contributed by atoms with Gasteiger partial charge in [-0.25, -0.2) is 4.39 Å². The number of amides is 1. The van der Waals surface area contributed by atoms with Crippen molar-refractivity contribution in [1.82, 2.24) is 10.9 Å². The second kappa shape index (κ2) is 6.63. The molecule has 6 heteroatoms. The molecule has 1 amide bonds. The predicted octanol–water partition coefficient (Wildman–Crippen LogP) is 2.46. The molecule has 0 aliphatic carbocycles. The minimum atomic E-state index is -0.327. The number of hydrogen-bond donors (Lipinski definition) is 3. The Kier molecular flexibility index (Phi) is 4.62. The van der Waals surface area contributed by atoms with Crippen LogP contribution >= 0.6 is 12.2 Å². The van der Waals surface area contributed by atoms with E-state index in [1.807, 2.05) is 6.07 Å². The smallest absolute Gasteiger partial charge is 0.269 e. The zero-order valence-corrected chi connectivity index (χ0v) is 11.2. The van der Waals surface area contributed by atoms with Crippen molar-refractivity contribution in [3.8, 4) is 0 Å². The van der Waals surface area contributed by atoms with Crippen molar-refractivity contribution in [3.63, 3.8) is 0 Å². The first-order valence-corrected chi connectivity index (χ1v) is 6.24. The van der Waals surface area contributed by atoms with Gasteiger partial charge in [0, 0.05) is 11.3 Å². The fourth-order valence-corrected chi connectivity index (χ4v) is 1.64. The topological polar surface area (TPSA) is 53.2 Å². The Morgan fingerprint density at radius 3 is 2.25 bits per heavy atom. The molecule has 20 heavy (non-hydrogen) atoms. The number of hydrogen-bond acceptors (Lipinski definition) is 2. The largest absolute Gasteiger partial charge is 0.331 e. The fourth-order valence-electron chi connectivity index (χ4n) is 1.47. The van der Waals surface area contributed by atoms with Crippen LogP contribution in [0.1, 0.15) is 10.4 Å². The van der Waals surface area contributed by atoms with Crippen molar-refractivity contribution in [2.75, 3.05) is 5.32 Å². The van der Waals surface area contributed by atoms with E-state index in [-0.39, 0.29) is 16.8 Å². The molecule has 0 saturated carbocycles. The molecule has 0 spiro atoms. The summed E-state index contributed by atoms with van der Waals surface area (Å²) in [5, 5.41) is 3.02. The maximum absolute atomic E-state index is 12.7. The summed E-state index contributed by atoms with van der Waals surface area (Å²) in [6.07, 6.45) is 0. The van der Waals surface area contributed by atoms with Crippen molar-refractivity contribution < 1.29 is 9.18 Å². The molecular weight excluding hydrogens is 277 g/mol. The summed E-state index contributed by atoms with van der Waals surface area (Å²) in [7, 11) is 0. The lowest BCUT2D eigenvalue weighted by Gasteiger charge is -2.11. The molecule has 4 nitrogen and oxygen atoms in total. The Bertz CT molecular complexity index is 602. The van der Waals surface area contributed by atoms with Gasteiger partial charge in [0.2, 0.25) is 0 Å². The molecular formula is C14H12FN3OS. The van der Waals surface area contributed by atoms with Crippen molar-refractivity contribution in [3.05, 3.63) is 66.0 Å². The van der Waals surface area contributed by atoms with Crippen LogP contribution in [0.3, 0.4) is 0 Å². The number of benzene rings is 2. The van der Waals surface area contributed by atoms with Gasteiger partial charge in [0.05, 0.1) is 0 Å². The van der Waals surface area contributed by atoms with Crippen molar-refractivity contribution >= 4 is 28.9 Å². The standard InChI is InChI=1S/C14H12FN3OS/c15-11-6-8-12(9-7-11)16-14(20)18-17-13(19)10-4-2-1-3-5-10/h1-9H,(H,17,19)(H2,16,18,20). The summed E-state index contributed by atoms with van der Waals surface area (Å²) in [6.45, 7) is 0. The first kappa shape index (κ1) is 14.0. The van der Waals surface area contributed by atoms with Gasteiger partial charge in [-0.2, -0.15) is 0 Å². The van der Waals surface area contributed by atoms with Crippen LogP contribution in [0.15, 0.2) is 54.6 Å². The van der Waals surface area contributed by atoms with Gasteiger partial charge < -0.3 is 5.32 Å². The van der Waals surface area contributed by atoms with Gasteiger partial charge in [0.1, 0.15) is 5.82 Å². The van der Waals surface area contributed by atoms with E-state index >= 15 is 0 Å². The SMILES string of the molecule is O=C(NNC(=S)Nc1ccc(F)cc1)c1ccccc1. The number of halogens is 1. The molecule has 0 aliphatic rings. The van der Waals surface area contributed by atoms with E-state index in [4.69, 9.17) is 12.2 Å². The number of thiocarbonyl (C=S) groups is 1. The number of carbonyl (C=O) groups is 1. The summed E-state index contributed by atoms with van der Waals surface area (Å²) < 4.78 is 12.7. The molecule has 0 heterocycles. The van der Waals surface area contributed by atoms with Crippen LogP contribution in [0.2, 0.25) is 0 Å². The molecule has 0 radical (unpaired) electrons. The first-order valence-electron chi connectivity index (χ1n) is 5.83. The third-order valence-corrected chi connectivity index (χ3v) is 2.63. The third-order valence-electron chi connectivity index (χ3n) is 2.43. The summed E-state index contributed by atoms with van der Waals surface area (Å²) in [6, 6.07) is 14.4. The lowest BCUT2D eigenvalue weighted by Crippen LogP contribution is -2.43.